The zero-order chi connectivity index (χ0) is 44.9. The predicted octanol–water partition coefficient (Wildman–Crippen LogP) is 18.4. The quantitative estimate of drug-likeness (QED) is 0.127. The normalized spacial score (nSPS) is 14.1. The molecule has 0 saturated carbocycles. The van der Waals surface area contributed by atoms with E-state index >= 15 is 0 Å². The Morgan fingerprint density at radius 2 is 0.687 bits per heavy atom. The van der Waals surface area contributed by atoms with Crippen molar-refractivity contribution in [3.63, 3.8) is 0 Å². The van der Waals surface area contributed by atoms with Crippen molar-refractivity contribution < 1.29 is 0 Å². The van der Waals surface area contributed by atoms with Crippen LogP contribution in [0.3, 0.4) is 0 Å². The van der Waals surface area contributed by atoms with Gasteiger partial charge in [0.25, 0.3) is 0 Å². The van der Waals surface area contributed by atoms with Crippen LogP contribution in [-0.4, -0.2) is 0 Å². The van der Waals surface area contributed by atoms with Gasteiger partial charge in [-0.15, -0.1) is 0 Å². The highest BCUT2D eigenvalue weighted by Crippen LogP contribution is 2.57. The van der Waals surface area contributed by atoms with Crippen molar-refractivity contribution in [2.75, 3.05) is 0 Å². The Morgan fingerprint density at radius 1 is 0.284 bits per heavy atom. The van der Waals surface area contributed by atoms with E-state index in [-0.39, 0.29) is 5.41 Å². The van der Waals surface area contributed by atoms with Gasteiger partial charge >= 0.3 is 0 Å². The molecule has 0 bridgehead atoms. The SMILES string of the molecule is CC(C)CC1(c2cccc(-c3ccccc3)c2)c2ccccc2-c2ccc(-c3c4ccccc4c(-c4ccc(-c5cc(-c6ccccc6)cc(-c6ccccc6)c5)cc4)c4ccccc34)cc21. The summed E-state index contributed by atoms with van der Waals surface area (Å²) >= 11 is 0. The molecule has 0 fully saturated rings. The fraction of sp³-hybridized carbons (Fsp3) is 0.0746. The van der Waals surface area contributed by atoms with Crippen molar-refractivity contribution in [1.82, 2.24) is 0 Å². The van der Waals surface area contributed by atoms with E-state index in [1.807, 2.05) is 0 Å². The van der Waals surface area contributed by atoms with Crippen LogP contribution in [0.25, 0.3) is 99.4 Å². The highest BCUT2D eigenvalue weighted by Gasteiger charge is 2.45. The Labute approximate surface area is 394 Å². The summed E-state index contributed by atoms with van der Waals surface area (Å²) in [5.41, 5.74) is 21.3. The van der Waals surface area contributed by atoms with Crippen LogP contribution in [0.2, 0.25) is 0 Å². The predicted molar refractivity (Wildman–Crippen MR) is 285 cm³/mol. The van der Waals surface area contributed by atoms with E-state index in [1.54, 1.807) is 0 Å². The highest BCUT2D eigenvalue weighted by molar-refractivity contribution is 6.21. The Bertz CT molecular complexity index is 3490. The molecule has 1 atom stereocenters. The Kier molecular flexibility index (Phi) is 10.1. The molecule has 0 radical (unpaired) electrons. The molecular formula is C67H50. The molecule has 1 aliphatic carbocycles. The molecule has 318 valence electrons. The van der Waals surface area contributed by atoms with Crippen molar-refractivity contribution >= 4 is 21.5 Å². The lowest BCUT2D eigenvalue weighted by Gasteiger charge is -2.35. The number of hydrogen-bond donors (Lipinski definition) is 0. The van der Waals surface area contributed by atoms with E-state index in [0.717, 1.165) is 6.42 Å². The molecule has 0 aromatic heterocycles. The minimum Gasteiger partial charge on any atom is -0.0627 e. The Balaban J connectivity index is 1.02. The van der Waals surface area contributed by atoms with Crippen LogP contribution in [0.5, 0.6) is 0 Å². The van der Waals surface area contributed by atoms with E-state index in [1.165, 1.54) is 116 Å². The first kappa shape index (κ1) is 40.4. The summed E-state index contributed by atoms with van der Waals surface area (Å²) in [6, 6.07) is 92.6. The molecule has 11 aromatic rings. The molecule has 0 amide bonds. The lowest BCUT2D eigenvalue weighted by atomic mass is 9.67. The summed E-state index contributed by atoms with van der Waals surface area (Å²) in [6.45, 7) is 4.76. The largest absolute Gasteiger partial charge is 0.0627 e. The third-order valence-electron chi connectivity index (χ3n) is 14.2. The number of fused-ring (bicyclic) bond motifs is 5. The van der Waals surface area contributed by atoms with E-state index in [0.29, 0.717) is 5.92 Å². The molecule has 0 heterocycles. The van der Waals surface area contributed by atoms with Crippen LogP contribution in [-0.2, 0) is 5.41 Å². The maximum Gasteiger partial charge on any atom is 0.0466 e. The van der Waals surface area contributed by atoms with Crippen LogP contribution in [0.1, 0.15) is 37.0 Å². The third-order valence-corrected chi connectivity index (χ3v) is 14.2. The number of benzene rings is 11. The maximum absolute atomic E-state index is 2.56. The molecule has 1 aliphatic rings. The van der Waals surface area contributed by atoms with Gasteiger partial charge in [0, 0.05) is 5.41 Å². The molecule has 12 rings (SSSR count). The van der Waals surface area contributed by atoms with Crippen molar-refractivity contribution in [2.24, 2.45) is 5.92 Å². The van der Waals surface area contributed by atoms with Crippen LogP contribution in [0.15, 0.2) is 249 Å². The fourth-order valence-electron chi connectivity index (χ4n) is 11.3. The first-order valence-corrected chi connectivity index (χ1v) is 23.7. The summed E-state index contributed by atoms with van der Waals surface area (Å²) in [5.74, 6) is 0.453. The van der Waals surface area contributed by atoms with Gasteiger partial charge in [-0.25, -0.2) is 0 Å². The summed E-state index contributed by atoms with van der Waals surface area (Å²) < 4.78 is 0. The van der Waals surface area contributed by atoms with Crippen molar-refractivity contribution in [3.8, 4) is 77.9 Å². The molecule has 0 N–H and O–H groups in total. The van der Waals surface area contributed by atoms with Gasteiger partial charge in [-0.2, -0.15) is 0 Å². The molecular weight excluding hydrogens is 805 g/mol. The van der Waals surface area contributed by atoms with Crippen molar-refractivity contribution in [2.45, 2.75) is 25.7 Å². The van der Waals surface area contributed by atoms with Crippen LogP contribution < -0.4 is 0 Å². The van der Waals surface area contributed by atoms with Gasteiger partial charge < -0.3 is 0 Å². The zero-order valence-electron chi connectivity index (χ0n) is 38.0. The summed E-state index contributed by atoms with van der Waals surface area (Å²) in [7, 11) is 0. The van der Waals surface area contributed by atoms with Gasteiger partial charge in [0.05, 0.1) is 0 Å². The topological polar surface area (TPSA) is 0 Å². The number of hydrogen-bond acceptors (Lipinski definition) is 0. The minimum atomic E-state index is -0.323. The molecule has 0 saturated heterocycles. The Morgan fingerprint density at radius 3 is 1.22 bits per heavy atom. The van der Waals surface area contributed by atoms with Gasteiger partial charge in [-0.05, 0) is 159 Å². The summed E-state index contributed by atoms with van der Waals surface area (Å²) in [5, 5.41) is 5.04. The van der Waals surface area contributed by atoms with E-state index in [4.69, 9.17) is 0 Å². The monoisotopic (exact) mass is 854 g/mol. The number of rotatable bonds is 9. The van der Waals surface area contributed by atoms with E-state index < -0.39 is 0 Å². The van der Waals surface area contributed by atoms with Crippen LogP contribution >= 0.6 is 0 Å². The van der Waals surface area contributed by atoms with Gasteiger partial charge in [-0.1, -0.05) is 232 Å². The first-order valence-electron chi connectivity index (χ1n) is 23.7. The zero-order valence-corrected chi connectivity index (χ0v) is 38.0. The average Bonchev–Trinajstić information content (AvgIpc) is 3.67. The second-order valence-corrected chi connectivity index (χ2v) is 18.7. The summed E-state index contributed by atoms with van der Waals surface area (Å²) in [4.78, 5) is 0. The van der Waals surface area contributed by atoms with Gasteiger partial charge in [0.1, 0.15) is 0 Å². The Hall–Kier alpha value is -8.06. The average molecular weight is 855 g/mol. The molecule has 0 nitrogen and oxygen atoms in total. The minimum absolute atomic E-state index is 0.323. The summed E-state index contributed by atoms with van der Waals surface area (Å²) in [6.07, 6.45) is 0.999. The lowest BCUT2D eigenvalue weighted by molar-refractivity contribution is 0.461. The molecule has 1 unspecified atom stereocenters. The second kappa shape index (κ2) is 16.7. The molecule has 11 aromatic carbocycles. The van der Waals surface area contributed by atoms with E-state index in [2.05, 4.69) is 263 Å². The van der Waals surface area contributed by atoms with E-state index in [9.17, 15) is 0 Å². The fourth-order valence-corrected chi connectivity index (χ4v) is 11.3. The molecule has 0 spiro atoms. The lowest BCUT2D eigenvalue weighted by Crippen LogP contribution is -2.29. The standard InChI is InChI=1S/C67H50/c1-45(2)44-67(56-26-18-25-51(42-56)46-19-6-3-7-20-46)63-32-17-16-27-57(63)58-38-37-52(43-64(58)67)66-61-30-14-12-28-59(61)65(60-29-13-15-31-62(60)66)50-35-33-49(34-36-50)55-40-53(47-21-8-4-9-22-47)39-54(41-55)48-23-10-5-11-24-48/h3-43,45H,44H2,1-2H3. The van der Waals surface area contributed by atoms with Gasteiger partial charge in [0.15, 0.2) is 0 Å². The molecule has 0 aliphatic heterocycles. The third kappa shape index (κ3) is 7.00. The maximum atomic E-state index is 2.56. The van der Waals surface area contributed by atoms with Gasteiger partial charge in [0.2, 0.25) is 0 Å². The molecule has 67 heavy (non-hydrogen) atoms. The van der Waals surface area contributed by atoms with Gasteiger partial charge in [-0.3, -0.25) is 0 Å². The second-order valence-electron chi connectivity index (χ2n) is 18.7. The molecule has 0 heteroatoms. The van der Waals surface area contributed by atoms with Crippen LogP contribution in [0, 0.1) is 5.92 Å². The highest BCUT2D eigenvalue weighted by atomic mass is 14.5. The first-order chi connectivity index (χ1) is 33.0. The van der Waals surface area contributed by atoms with Crippen molar-refractivity contribution in [1.29, 1.82) is 0 Å². The smallest absolute Gasteiger partial charge is 0.0466 e. The van der Waals surface area contributed by atoms with Crippen molar-refractivity contribution in [3.05, 3.63) is 265 Å². The van der Waals surface area contributed by atoms with Crippen LogP contribution in [0.4, 0.5) is 0 Å².